The van der Waals surface area contributed by atoms with Gasteiger partial charge in [0.15, 0.2) is 11.9 Å². The minimum absolute atomic E-state index is 0.0665. The number of aromatic nitrogens is 2. The van der Waals surface area contributed by atoms with Gasteiger partial charge in [0.25, 0.3) is 18.3 Å². The number of nitrogens with zero attached hydrogens (tertiary/aromatic N) is 4. The summed E-state index contributed by atoms with van der Waals surface area (Å²) >= 11 is 0. The summed E-state index contributed by atoms with van der Waals surface area (Å²) in [6, 6.07) is 0.0911. The largest absolute Gasteiger partial charge is 0.322 e. The Morgan fingerprint density at radius 2 is 2.00 bits per heavy atom. The molecular formula is C21H26F2N5O+. The van der Waals surface area contributed by atoms with Gasteiger partial charge < -0.3 is 5.32 Å². The van der Waals surface area contributed by atoms with E-state index >= 15 is 0 Å². The Balaban J connectivity index is 1.52. The van der Waals surface area contributed by atoms with Gasteiger partial charge in [-0.05, 0) is 37.5 Å². The Morgan fingerprint density at radius 3 is 2.69 bits per heavy atom. The number of hydrogen-bond donors (Lipinski definition) is 1. The maximum atomic E-state index is 13.6. The normalized spacial score (nSPS) is 25.9. The summed E-state index contributed by atoms with van der Waals surface area (Å²) in [5.74, 6) is 0.835. The molecule has 1 unspecified atom stereocenters. The Kier molecular flexibility index (Phi) is 5.43. The Hall–Kier alpha value is -2.64. The molecule has 1 saturated carbocycles. The highest BCUT2D eigenvalue weighted by Gasteiger charge is 2.34. The van der Waals surface area contributed by atoms with E-state index < -0.39 is 12.3 Å². The molecule has 3 aliphatic rings. The molecule has 29 heavy (non-hydrogen) atoms. The van der Waals surface area contributed by atoms with Crippen LogP contribution in [0.2, 0.25) is 0 Å². The van der Waals surface area contributed by atoms with Crippen molar-refractivity contribution in [2.75, 3.05) is 5.32 Å². The lowest BCUT2D eigenvalue weighted by molar-refractivity contribution is -0.479. The number of hydrogen-bond acceptors (Lipinski definition) is 3. The summed E-state index contributed by atoms with van der Waals surface area (Å²) in [6.45, 7) is 4.45. The third-order valence-corrected chi connectivity index (χ3v) is 6.06. The first-order chi connectivity index (χ1) is 13.9. The molecule has 0 bridgehead atoms. The molecule has 1 N–H and O–H groups in total. The standard InChI is InChI=1S/C21H25F2N5O/c1-13(2)14-6-8-15(9-7-14)28-12-16(19(26-28)20(22)23)25-21(29)17-11-24-18-5-3-4-10-27(17)18/h3-5,10-15,18,20H,6-9H2,1-2H3/p+1. The fourth-order valence-electron chi connectivity index (χ4n) is 4.29. The zero-order valence-electron chi connectivity index (χ0n) is 16.6. The maximum Gasteiger partial charge on any atom is 0.322 e. The topological polar surface area (TPSA) is 62.3 Å². The van der Waals surface area contributed by atoms with Crippen LogP contribution < -0.4 is 5.32 Å². The predicted molar refractivity (Wildman–Crippen MR) is 107 cm³/mol. The van der Waals surface area contributed by atoms with Crippen molar-refractivity contribution in [1.82, 2.24) is 9.78 Å². The van der Waals surface area contributed by atoms with Crippen LogP contribution in [0.15, 0.2) is 35.6 Å². The number of carbonyl (C=O) groups is 1. The first kappa shape index (κ1) is 19.7. The molecule has 2 aliphatic heterocycles. The van der Waals surface area contributed by atoms with Crippen LogP contribution in [-0.2, 0) is 4.79 Å². The highest BCUT2D eigenvalue weighted by atomic mass is 19.3. The average Bonchev–Trinajstić information content (AvgIpc) is 3.32. The van der Waals surface area contributed by atoms with Gasteiger partial charge in [-0.2, -0.15) is 9.67 Å². The van der Waals surface area contributed by atoms with Gasteiger partial charge in [0.2, 0.25) is 0 Å². The summed E-state index contributed by atoms with van der Waals surface area (Å²) in [7, 11) is 0. The second-order valence-electron chi connectivity index (χ2n) is 8.19. The lowest BCUT2D eigenvalue weighted by Gasteiger charge is -2.30. The van der Waals surface area contributed by atoms with Crippen molar-refractivity contribution in [1.29, 1.82) is 0 Å². The van der Waals surface area contributed by atoms with Crippen LogP contribution in [0.1, 0.15) is 57.7 Å². The number of allylic oxidation sites excluding steroid dienone is 2. The highest BCUT2D eigenvalue weighted by molar-refractivity contribution is 6.61. The van der Waals surface area contributed by atoms with Crippen molar-refractivity contribution in [2.45, 2.75) is 58.2 Å². The number of carbonyl (C=O) groups excluding carboxylic acids is 1. The quantitative estimate of drug-likeness (QED) is 0.754. The van der Waals surface area contributed by atoms with Crippen LogP contribution in [0.5, 0.6) is 0 Å². The van der Waals surface area contributed by atoms with Crippen molar-refractivity contribution < 1.29 is 18.2 Å². The fraction of sp³-hybridized carbons (Fsp3) is 0.524. The molecule has 1 aromatic heterocycles. The van der Waals surface area contributed by atoms with Crippen molar-refractivity contribution in [3.05, 3.63) is 36.3 Å². The van der Waals surface area contributed by atoms with Gasteiger partial charge in [0, 0.05) is 18.3 Å². The number of nitrogens with one attached hydrogen (secondary N) is 1. The SMILES string of the molecule is CC(C)C1CCC(n2cc(NC(=O)C3=[N+]4C=CC=CC4N=C3)c(C(F)F)n2)CC1. The van der Waals surface area contributed by atoms with E-state index in [0.29, 0.717) is 17.5 Å². The van der Waals surface area contributed by atoms with Crippen molar-refractivity contribution in [3.8, 4) is 0 Å². The number of fused-ring (bicyclic) bond motifs is 1. The molecular weight excluding hydrogens is 376 g/mol. The van der Waals surface area contributed by atoms with Gasteiger partial charge in [0.1, 0.15) is 6.21 Å². The number of alkyl halides is 2. The van der Waals surface area contributed by atoms with Crippen LogP contribution in [0.25, 0.3) is 0 Å². The summed E-state index contributed by atoms with van der Waals surface area (Å²) in [4.78, 5) is 17.0. The molecule has 154 valence electrons. The van der Waals surface area contributed by atoms with E-state index in [2.05, 4.69) is 29.3 Å². The molecule has 3 heterocycles. The summed E-state index contributed by atoms with van der Waals surface area (Å²) in [6.07, 6.45) is 11.2. The number of amides is 1. The van der Waals surface area contributed by atoms with Gasteiger partial charge in [-0.25, -0.2) is 13.8 Å². The molecule has 4 rings (SSSR count). The number of halogens is 2. The number of aliphatic imine (C=N–C) groups is 1. The number of anilines is 1. The minimum atomic E-state index is -2.76. The first-order valence-electron chi connectivity index (χ1n) is 10.2. The molecule has 1 amide bonds. The molecule has 1 aliphatic carbocycles. The summed E-state index contributed by atoms with van der Waals surface area (Å²) in [5.41, 5.74) is 0.00312. The van der Waals surface area contributed by atoms with Gasteiger partial charge in [-0.1, -0.05) is 19.9 Å². The van der Waals surface area contributed by atoms with Crippen molar-refractivity contribution in [3.63, 3.8) is 0 Å². The van der Waals surface area contributed by atoms with E-state index in [1.807, 2.05) is 12.2 Å². The maximum absolute atomic E-state index is 13.6. The van der Waals surface area contributed by atoms with E-state index in [1.54, 1.807) is 27.7 Å². The van der Waals surface area contributed by atoms with Crippen LogP contribution in [-0.4, -0.2) is 38.4 Å². The molecule has 8 heteroatoms. The summed E-state index contributed by atoms with van der Waals surface area (Å²) in [5, 5.41) is 6.76. The van der Waals surface area contributed by atoms with E-state index in [4.69, 9.17) is 0 Å². The molecule has 0 spiro atoms. The highest BCUT2D eigenvalue weighted by Crippen LogP contribution is 2.37. The third-order valence-electron chi connectivity index (χ3n) is 6.06. The molecule has 1 aromatic rings. The van der Waals surface area contributed by atoms with Gasteiger partial charge in [0.05, 0.1) is 11.7 Å². The second-order valence-corrected chi connectivity index (χ2v) is 8.19. The van der Waals surface area contributed by atoms with Gasteiger partial charge in [-0.15, -0.1) is 0 Å². The average molecular weight is 402 g/mol. The van der Waals surface area contributed by atoms with E-state index in [0.717, 1.165) is 25.7 Å². The smallest absolute Gasteiger partial charge is 0.314 e. The monoisotopic (exact) mass is 402 g/mol. The van der Waals surface area contributed by atoms with Crippen LogP contribution in [0.3, 0.4) is 0 Å². The van der Waals surface area contributed by atoms with Crippen LogP contribution in [0, 0.1) is 11.8 Å². The van der Waals surface area contributed by atoms with E-state index in [-0.39, 0.29) is 23.6 Å². The second kappa shape index (κ2) is 8.00. The van der Waals surface area contributed by atoms with Crippen LogP contribution in [0.4, 0.5) is 14.5 Å². The fourth-order valence-corrected chi connectivity index (χ4v) is 4.29. The minimum Gasteiger partial charge on any atom is -0.314 e. The molecule has 0 saturated heterocycles. The van der Waals surface area contributed by atoms with Crippen molar-refractivity contribution in [2.24, 2.45) is 16.8 Å². The molecule has 6 nitrogen and oxygen atoms in total. The lowest BCUT2D eigenvalue weighted by atomic mass is 9.80. The summed E-state index contributed by atoms with van der Waals surface area (Å²) < 4.78 is 30.5. The Morgan fingerprint density at radius 1 is 1.24 bits per heavy atom. The van der Waals surface area contributed by atoms with Gasteiger partial charge in [-0.3, -0.25) is 9.48 Å². The van der Waals surface area contributed by atoms with Crippen molar-refractivity contribution >= 4 is 23.5 Å². The molecule has 0 radical (unpaired) electrons. The van der Waals surface area contributed by atoms with Gasteiger partial charge >= 0.3 is 5.91 Å². The molecule has 0 aromatic carbocycles. The number of rotatable bonds is 5. The predicted octanol–water partition coefficient (Wildman–Crippen LogP) is 4.09. The molecule has 1 fully saturated rings. The first-order valence-corrected chi connectivity index (χ1v) is 10.2. The lowest BCUT2D eigenvalue weighted by Crippen LogP contribution is -2.31. The zero-order valence-corrected chi connectivity index (χ0v) is 16.6. The molecule has 1 atom stereocenters. The Labute approximate surface area is 168 Å². The van der Waals surface area contributed by atoms with E-state index in [9.17, 15) is 13.6 Å². The zero-order chi connectivity index (χ0) is 20.5. The van der Waals surface area contributed by atoms with Crippen LogP contribution >= 0.6 is 0 Å². The van der Waals surface area contributed by atoms with E-state index in [1.165, 1.54) is 6.21 Å². The third kappa shape index (κ3) is 3.93. The Bertz CT molecular complexity index is 904.